The molecule has 0 radical (unpaired) electrons. The van der Waals surface area contributed by atoms with E-state index in [4.69, 9.17) is 12.2 Å². The number of nitrogens with zero attached hydrogens (tertiary/aromatic N) is 3. The summed E-state index contributed by atoms with van der Waals surface area (Å²) < 4.78 is 0.740. The summed E-state index contributed by atoms with van der Waals surface area (Å²) in [7, 11) is 0. The smallest absolute Gasteiger partial charge is 0.228 e. The first-order valence-electron chi connectivity index (χ1n) is 6.74. The van der Waals surface area contributed by atoms with Crippen LogP contribution in [0.3, 0.4) is 0 Å². The van der Waals surface area contributed by atoms with Crippen LogP contribution >= 0.6 is 34.9 Å². The Labute approximate surface area is 136 Å². The number of aryl methyl sites for hydroxylation is 1. The van der Waals surface area contributed by atoms with Gasteiger partial charge < -0.3 is 14.8 Å². The van der Waals surface area contributed by atoms with Crippen molar-refractivity contribution in [2.45, 2.75) is 13.3 Å². The summed E-state index contributed by atoms with van der Waals surface area (Å²) in [6.07, 6.45) is 2.26. The third kappa shape index (κ3) is 3.33. The number of rotatable bonds is 3. The molecule has 0 aromatic carbocycles. The van der Waals surface area contributed by atoms with Crippen LogP contribution < -0.4 is 4.90 Å². The molecule has 2 aromatic rings. The molecule has 1 aliphatic rings. The Morgan fingerprint density at radius 3 is 2.76 bits per heavy atom. The molecule has 1 fully saturated rings. The van der Waals surface area contributed by atoms with Gasteiger partial charge in [-0.3, -0.25) is 4.79 Å². The zero-order valence-electron chi connectivity index (χ0n) is 11.7. The summed E-state index contributed by atoms with van der Waals surface area (Å²) in [6, 6.07) is 0. The topological polar surface area (TPSA) is 52.2 Å². The number of H-pyrrole nitrogens is 1. The van der Waals surface area contributed by atoms with Crippen LogP contribution in [0.15, 0.2) is 11.6 Å². The van der Waals surface area contributed by atoms with Gasteiger partial charge >= 0.3 is 0 Å². The van der Waals surface area contributed by atoms with Crippen molar-refractivity contribution in [1.82, 2.24) is 14.9 Å². The number of piperazine rings is 1. The number of hydrogen-bond acceptors (Lipinski definition) is 6. The molecule has 0 unspecified atom stereocenters. The number of thiazole rings is 2. The van der Waals surface area contributed by atoms with Crippen LogP contribution in [0.2, 0.25) is 0 Å². The fraction of sp³-hybridized carbons (Fsp3) is 0.462. The van der Waals surface area contributed by atoms with E-state index >= 15 is 0 Å². The summed E-state index contributed by atoms with van der Waals surface area (Å²) >= 11 is 8.26. The van der Waals surface area contributed by atoms with E-state index in [0.29, 0.717) is 6.42 Å². The van der Waals surface area contributed by atoms with Gasteiger partial charge in [-0.15, -0.1) is 22.7 Å². The van der Waals surface area contributed by atoms with Crippen molar-refractivity contribution in [3.8, 4) is 0 Å². The molecule has 0 bridgehead atoms. The lowest BCUT2D eigenvalue weighted by Crippen LogP contribution is -2.49. The molecular formula is C13H16N4OS3. The van der Waals surface area contributed by atoms with E-state index < -0.39 is 0 Å². The zero-order valence-corrected chi connectivity index (χ0v) is 14.1. The second kappa shape index (κ2) is 6.25. The van der Waals surface area contributed by atoms with Crippen LogP contribution in [0.5, 0.6) is 0 Å². The monoisotopic (exact) mass is 340 g/mol. The van der Waals surface area contributed by atoms with E-state index in [1.165, 1.54) is 11.3 Å². The number of nitrogens with one attached hydrogen (secondary N) is 1. The van der Waals surface area contributed by atoms with Gasteiger partial charge in [-0.05, 0) is 19.1 Å². The minimum Gasteiger partial charge on any atom is -0.345 e. The van der Waals surface area contributed by atoms with Gasteiger partial charge in [-0.2, -0.15) is 0 Å². The normalized spacial score (nSPS) is 15.5. The van der Waals surface area contributed by atoms with Gasteiger partial charge in [0.25, 0.3) is 0 Å². The van der Waals surface area contributed by atoms with Crippen LogP contribution in [0.1, 0.15) is 10.6 Å². The lowest BCUT2D eigenvalue weighted by Gasteiger charge is -2.34. The molecule has 1 amide bonds. The maximum Gasteiger partial charge on any atom is 0.228 e. The number of carbonyl (C=O) groups is 1. The van der Waals surface area contributed by atoms with Gasteiger partial charge in [0.2, 0.25) is 5.91 Å². The molecule has 2 aromatic heterocycles. The lowest BCUT2D eigenvalue weighted by atomic mass is 10.2. The number of aromatic amines is 1. The Bertz CT molecular complexity index is 668. The van der Waals surface area contributed by atoms with E-state index in [1.807, 2.05) is 23.4 Å². The summed E-state index contributed by atoms with van der Waals surface area (Å²) in [5, 5.41) is 3.02. The minimum absolute atomic E-state index is 0.183. The Kier molecular flexibility index (Phi) is 4.37. The molecule has 21 heavy (non-hydrogen) atoms. The molecule has 1 aliphatic heterocycles. The molecule has 1 saturated heterocycles. The van der Waals surface area contributed by atoms with Crippen molar-refractivity contribution >= 4 is 45.9 Å². The second-order valence-electron chi connectivity index (χ2n) is 4.92. The van der Waals surface area contributed by atoms with Gasteiger partial charge in [0.15, 0.2) is 9.09 Å². The molecule has 112 valence electrons. The molecule has 0 saturated carbocycles. The molecule has 3 heterocycles. The number of anilines is 1. The number of carbonyl (C=O) groups excluding carboxylic acids is 1. The van der Waals surface area contributed by atoms with Gasteiger partial charge in [0.05, 0.1) is 6.42 Å². The predicted molar refractivity (Wildman–Crippen MR) is 88.9 cm³/mol. The first-order valence-corrected chi connectivity index (χ1v) is 8.85. The lowest BCUT2D eigenvalue weighted by molar-refractivity contribution is -0.130. The fourth-order valence-electron chi connectivity index (χ4n) is 2.37. The van der Waals surface area contributed by atoms with Crippen LogP contribution in [-0.2, 0) is 11.2 Å². The standard InChI is InChI=1S/C13H16N4OS3/c1-9-10(21-13(19)15-9)8-11(18)16-3-5-17(6-4-16)12-14-2-7-20-12/h2,7H,3-6,8H2,1H3,(H,15,19). The van der Waals surface area contributed by atoms with E-state index in [0.717, 1.165) is 45.8 Å². The summed E-state index contributed by atoms with van der Waals surface area (Å²) in [5.74, 6) is 0.183. The van der Waals surface area contributed by atoms with E-state index in [9.17, 15) is 4.79 Å². The van der Waals surface area contributed by atoms with Crippen LogP contribution in [0.4, 0.5) is 5.13 Å². The van der Waals surface area contributed by atoms with Crippen LogP contribution in [0.25, 0.3) is 0 Å². The first-order chi connectivity index (χ1) is 10.1. The molecule has 0 spiro atoms. The Morgan fingerprint density at radius 2 is 2.19 bits per heavy atom. The average Bonchev–Trinajstić information content (AvgIpc) is 3.10. The zero-order chi connectivity index (χ0) is 14.8. The Balaban J connectivity index is 1.58. The minimum atomic E-state index is 0.183. The molecule has 0 aliphatic carbocycles. The van der Waals surface area contributed by atoms with Crippen LogP contribution in [0, 0.1) is 10.9 Å². The van der Waals surface area contributed by atoms with Crippen molar-refractivity contribution in [3.05, 3.63) is 26.1 Å². The Morgan fingerprint density at radius 1 is 1.43 bits per heavy atom. The summed E-state index contributed by atoms with van der Waals surface area (Å²) in [6.45, 7) is 5.18. The van der Waals surface area contributed by atoms with E-state index in [1.54, 1.807) is 11.3 Å². The van der Waals surface area contributed by atoms with E-state index in [2.05, 4.69) is 14.9 Å². The highest BCUT2D eigenvalue weighted by Gasteiger charge is 2.23. The molecule has 0 atom stereocenters. The fourth-order valence-corrected chi connectivity index (χ4v) is 4.35. The number of aromatic nitrogens is 2. The third-order valence-electron chi connectivity index (χ3n) is 3.56. The van der Waals surface area contributed by atoms with Gasteiger partial charge in [0, 0.05) is 48.3 Å². The SMILES string of the molecule is Cc1[nH]c(=S)sc1CC(=O)N1CCN(c2nccs2)CC1. The maximum atomic E-state index is 12.4. The molecular weight excluding hydrogens is 324 g/mol. The van der Waals surface area contributed by atoms with Gasteiger partial charge in [-0.1, -0.05) is 0 Å². The molecule has 5 nitrogen and oxygen atoms in total. The number of amides is 1. The Hall–Kier alpha value is -1.25. The predicted octanol–water partition coefficient (Wildman–Crippen LogP) is 2.46. The largest absolute Gasteiger partial charge is 0.345 e. The van der Waals surface area contributed by atoms with Gasteiger partial charge in [-0.25, -0.2) is 4.98 Å². The van der Waals surface area contributed by atoms with Crippen LogP contribution in [-0.4, -0.2) is 47.0 Å². The van der Waals surface area contributed by atoms with Crippen molar-refractivity contribution < 1.29 is 4.79 Å². The van der Waals surface area contributed by atoms with Crippen molar-refractivity contribution in [1.29, 1.82) is 0 Å². The average molecular weight is 340 g/mol. The molecule has 3 rings (SSSR count). The molecule has 8 heteroatoms. The van der Waals surface area contributed by atoms with Crippen molar-refractivity contribution in [2.75, 3.05) is 31.1 Å². The highest BCUT2D eigenvalue weighted by molar-refractivity contribution is 7.73. The highest BCUT2D eigenvalue weighted by atomic mass is 32.1. The third-order valence-corrected chi connectivity index (χ3v) is 5.73. The second-order valence-corrected chi connectivity index (χ2v) is 7.57. The van der Waals surface area contributed by atoms with Crippen molar-refractivity contribution in [2.24, 2.45) is 0 Å². The number of hydrogen-bond donors (Lipinski definition) is 1. The summed E-state index contributed by atoms with van der Waals surface area (Å²) in [4.78, 5) is 25.0. The summed E-state index contributed by atoms with van der Waals surface area (Å²) in [5.41, 5.74) is 1.01. The quantitative estimate of drug-likeness (QED) is 0.872. The first kappa shape index (κ1) is 14.7. The van der Waals surface area contributed by atoms with Crippen molar-refractivity contribution in [3.63, 3.8) is 0 Å². The highest BCUT2D eigenvalue weighted by Crippen LogP contribution is 2.20. The maximum absolute atomic E-state index is 12.4. The van der Waals surface area contributed by atoms with E-state index in [-0.39, 0.29) is 5.91 Å². The van der Waals surface area contributed by atoms with Gasteiger partial charge in [0.1, 0.15) is 0 Å². The molecule has 1 N–H and O–H groups in total.